The zero-order valence-corrected chi connectivity index (χ0v) is 13.9. The Morgan fingerprint density at radius 3 is 2.91 bits per heavy atom. The molecule has 2 N–H and O–H groups in total. The van der Waals surface area contributed by atoms with Crippen molar-refractivity contribution >= 4 is 17.7 Å². The average Bonchev–Trinajstić information content (AvgIpc) is 3.00. The van der Waals surface area contributed by atoms with E-state index in [2.05, 4.69) is 5.32 Å². The van der Waals surface area contributed by atoms with Gasteiger partial charge in [-0.15, -0.1) is 0 Å². The van der Waals surface area contributed by atoms with Gasteiger partial charge >= 0.3 is 5.97 Å². The van der Waals surface area contributed by atoms with Crippen LogP contribution in [0, 0.1) is 0 Å². The van der Waals surface area contributed by atoms with Gasteiger partial charge in [0.1, 0.15) is 11.8 Å². The van der Waals surface area contributed by atoms with Crippen molar-refractivity contribution in [1.82, 2.24) is 5.32 Å². The third-order valence-electron chi connectivity index (χ3n) is 3.96. The number of hydrogen-bond donors (Lipinski definition) is 2. The summed E-state index contributed by atoms with van der Waals surface area (Å²) in [6, 6.07) is 7.47. The van der Waals surface area contributed by atoms with Crippen LogP contribution < -0.4 is 10.1 Å². The molecule has 1 atom stereocenters. The lowest BCUT2D eigenvalue weighted by Crippen LogP contribution is -2.36. The van der Waals surface area contributed by atoms with Crippen molar-refractivity contribution in [2.75, 3.05) is 12.0 Å². The van der Waals surface area contributed by atoms with Crippen LogP contribution in [0.25, 0.3) is 0 Å². The van der Waals surface area contributed by atoms with Gasteiger partial charge in [0, 0.05) is 6.54 Å². The molecule has 0 heterocycles. The van der Waals surface area contributed by atoms with E-state index in [1.54, 1.807) is 11.8 Å². The summed E-state index contributed by atoms with van der Waals surface area (Å²) < 4.78 is 5.99. The summed E-state index contributed by atoms with van der Waals surface area (Å²) >= 11 is 1.67. The number of carbonyl (C=O) groups is 1. The molecule has 4 nitrogen and oxygen atoms in total. The van der Waals surface area contributed by atoms with Crippen molar-refractivity contribution in [1.29, 1.82) is 0 Å². The summed E-state index contributed by atoms with van der Waals surface area (Å²) in [4.78, 5) is 11.2. The number of carboxylic acid groups (broad SMARTS) is 1. The Balaban J connectivity index is 1.87. The minimum absolute atomic E-state index is 0.344. The number of rotatable bonds is 9. The molecule has 1 aliphatic carbocycles. The van der Waals surface area contributed by atoms with Crippen molar-refractivity contribution in [2.45, 2.75) is 50.8 Å². The van der Waals surface area contributed by atoms with E-state index < -0.39 is 12.0 Å². The number of benzene rings is 1. The van der Waals surface area contributed by atoms with E-state index in [0.717, 1.165) is 29.9 Å². The molecule has 0 bridgehead atoms. The fraction of sp³-hybridized carbons (Fsp3) is 0.588. The van der Waals surface area contributed by atoms with Gasteiger partial charge in [-0.25, -0.2) is 0 Å². The number of ether oxygens (including phenoxy) is 1. The van der Waals surface area contributed by atoms with Crippen molar-refractivity contribution in [3.63, 3.8) is 0 Å². The molecule has 1 aromatic rings. The van der Waals surface area contributed by atoms with Gasteiger partial charge < -0.3 is 15.2 Å². The van der Waals surface area contributed by atoms with Crippen molar-refractivity contribution in [3.8, 4) is 5.75 Å². The molecule has 2 rings (SSSR count). The highest BCUT2D eigenvalue weighted by Crippen LogP contribution is 2.24. The van der Waals surface area contributed by atoms with Crippen LogP contribution in [-0.4, -0.2) is 35.2 Å². The molecule has 122 valence electrons. The summed E-state index contributed by atoms with van der Waals surface area (Å²) in [6.45, 7) is 0.549. The van der Waals surface area contributed by atoms with E-state index in [1.807, 2.05) is 30.5 Å². The first kappa shape index (κ1) is 17.2. The Hall–Kier alpha value is -1.20. The van der Waals surface area contributed by atoms with E-state index in [0.29, 0.717) is 19.1 Å². The van der Waals surface area contributed by atoms with Crippen LogP contribution >= 0.6 is 11.8 Å². The minimum atomic E-state index is -0.785. The third kappa shape index (κ3) is 5.54. The van der Waals surface area contributed by atoms with Gasteiger partial charge in [0.15, 0.2) is 0 Å². The highest BCUT2D eigenvalue weighted by atomic mass is 32.2. The Bertz CT molecular complexity index is 475. The molecular formula is C17H25NO3S. The number of hydrogen-bond acceptors (Lipinski definition) is 4. The summed E-state index contributed by atoms with van der Waals surface area (Å²) in [5.74, 6) is 0.948. The number of thioether (sulfide) groups is 1. The minimum Gasteiger partial charge on any atom is -0.490 e. The molecule has 0 saturated heterocycles. The summed E-state index contributed by atoms with van der Waals surface area (Å²) in [5, 5.41) is 12.3. The van der Waals surface area contributed by atoms with Crippen LogP contribution in [0.3, 0.4) is 0 Å². The molecule has 0 spiro atoms. The van der Waals surface area contributed by atoms with Crippen LogP contribution in [0.2, 0.25) is 0 Å². The van der Waals surface area contributed by atoms with Crippen molar-refractivity contribution in [2.24, 2.45) is 0 Å². The average molecular weight is 323 g/mol. The van der Waals surface area contributed by atoms with Gasteiger partial charge in [-0.3, -0.25) is 4.79 Å². The molecule has 1 aliphatic rings. The highest BCUT2D eigenvalue weighted by molar-refractivity contribution is 7.98. The van der Waals surface area contributed by atoms with Gasteiger partial charge in [0.05, 0.1) is 6.10 Å². The zero-order chi connectivity index (χ0) is 15.8. The van der Waals surface area contributed by atoms with Crippen molar-refractivity contribution < 1.29 is 14.6 Å². The highest BCUT2D eigenvalue weighted by Gasteiger charge is 2.17. The van der Waals surface area contributed by atoms with Crippen LogP contribution in [-0.2, 0) is 11.3 Å². The zero-order valence-electron chi connectivity index (χ0n) is 13.1. The molecule has 0 radical (unpaired) electrons. The predicted molar refractivity (Wildman–Crippen MR) is 90.6 cm³/mol. The van der Waals surface area contributed by atoms with E-state index in [1.165, 1.54) is 12.8 Å². The Morgan fingerprint density at radius 1 is 1.45 bits per heavy atom. The smallest absolute Gasteiger partial charge is 0.320 e. The fourth-order valence-electron chi connectivity index (χ4n) is 2.72. The maximum atomic E-state index is 11.2. The molecule has 1 fully saturated rings. The standard InChI is InChI=1S/C17H25NO3S/c1-22-10-9-16(17(19)20)18-12-13-5-4-8-15(11-13)21-14-6-2-3-7-14/h4-5,8,11,14,16,18H,2-3,6-7,9-10,12H2,1H3,(H,19,20). The van der Waals surface area contributed by atoms with Gasteiger partial charge in [-0.05, 0) is 61.8 Å². The normalized spacial score (nSPS) is 16.6. The second kappa shape index (κ2) is 9.06. The first-order valence-corrected chi connectivity index (χ1v) is 9.29. The van der Waals surface area contributed by atoms with Gasteiger partial charge in [-0.1, -0.05) is 12.1 Å². The molecule has 1 saturated carbocycles. The third-order valence-corrected chi connectivity index (χ3v) is 4.61. The van der Waals surface area contributed by atoms with Gasteiger partial charge in [0.2, 0.25) is 0 Å². The molecule has 1 unspecified atom stereocenters. The number of nitrogens with one attached hydrogen (secondary N) is 1. The van der Waals surface area contributed by atoms with Crippen LogP contribution in [0.1, 0.15) is 37.7 Å². The summed E-state index contributed by atoms with van der Waals surface area (Å²) in [7, 11) is 0. The van der Waals surface area contributed by atoms with E-state index >= 15 is 0 Å². The maximum absolute atomic E-state index is 11.2. The summed E-state index contributed by atoms with van der Waals surface area (Å²) in [5.41, 5.74) is 1.06. The maximum Gasteiger partial charge on any atom is 0.320 e. The predicted octanol–water partition coefficient (Wildman–Crippen LogP) is 3.30. The molecule has 0 aliphatic heterocycles. The first-order valence-electron chi connectivity index (χ1n) is 7.90. The van der Waals surface area contributed by atoms with E-state index in [4.69, 9.17) is 4.74 Å². The Labute approximate surface area is 136 Å². The second-order valence-electron chi connectivity index (χ2n) is 5.72. The van der Waals surface area contributed by atoms with Crippen LogP contribution in [0.15, 0.2) is 24.3 Å². The molecule has 0 aromatic heterocycles. The van der Waals surface area contributed by atoms with E-state index in [9.17, 15) is 9.90 Å². The monoisotopic (exact) mass is 323 g/mol. The lowest BCUT2D eigenvalue weighted by atomic mass is 10.1. The quantitative estimate of drug-likeness (QED) is 0.730. The van der Waals surface area contributed by atoms with Crippen molar-refractivity contribution in [3.05, 3.63) is 29.8 Å². The van der Waals surface area contributed by atoms with Gasteiger partial charge in [-0.2, -0.15) is 11.8 Å². The van der Waals surface area contributed by atoms with E-state index in [-0.39, 0.29) is 0 Å². The Morgan fingerprint density at radius 2 is 2.23 bits per heavy atom. The molecule has 0 amide bonds. The molecular weight excluding hydrogens is 298 g/mol. The fourth-order valence-corrected chi connectivity index (χ4v) is 3.19. The first-order chi connectivity index (χ1) is 10.7. The molecule has 1 aromatic carbocycles. The number of carboxylic acids is 1. The second-order valence-corrected chi connectivity index (χ2v) is 6.71. The number of aliphatic carboxylic acids is 1. The lowest BCUT2D eigenvalue weighted by Gasteiger charge is -2.16. The lowest BCUT2D eigenvalue weighted by molar-refractivity contribution is -0.139. The largest absolute Gasteiger partial charge is 0.490 e. The Kier molecular flexibility index (Phi) is 7.06. The van der Waals surface area contributed by atoms with Crippen LogP contribution in [0.4, 0.5) is 0 Å². The molecule has 22 heavy (non-hydrogen) atoms. The molecule has 5 heteroatoms. The summed E-state index contributed by atoms with van der Waals surface area (Å²) in [6.07, 6.45) is 7.74. The topological polar surface area (TPSA) is 58.6 Å². The SMILES string of the molecule is CSCCC(NCc1cccc(OC2CCCC2)c1)C(=O)O. The van der Waals surface area contributed by atoms with Gasteiger partial charge in [0.25, 0.3) is 0 Å². The van der Waals surface area contributed by atoms with Crippen LogP contribution in [0.5, 0.6) is 5.75 Å².